The summed E-state index contributed by atoms with van der Waals surface area (Å²) in [5.74, 6) is 2.70. The summed E-state index contributed by atoms with van der Waals surface area (Å²) in [4.78, 5) is 22.6. The lowest BCUT2D eigenvalue weighted by molar-refractivity contribution is -0.140. The molecule has 0 atom stereocenters. The maximum atomic E-state index is 13.6. The van der Waals surface area contributed by atoms with Gasteiger partial charge in [0.2, 0.25) is 15.9 Å². The van der Waals surface area contributed by atoms with Crippen molar-refractivity contribution in [1.29, 1.82) is 0 Å². The molecular weight excluding hydrogens is 488 g/mol. The van der Waals surface area contributed by atoms with Gasteiger partial charge in [0.15, 0.2) is 0 Å². The second-order valence-electron chi connectivity index (χ2n) is 11.3. The minimum Gasteiger partial charge on any atom is -0.310 e. The van der Waals surface area contributed by atoms with E-state index in [4.69, 9.17) is 0 Å². The molecule has 5 aliphatic rings. The number of carbonyl (C=O) groups excluding carboxylic acids is 1. The van der Waals surface area contributed by atoms with Crippen LogP contribution in [-0.2, 0) is 27.8 Å². The third kappa shape index (κ3) is 3.88. The first-order valence-corrected chi connectivity index (χ1v) is 14.6. The van der Waals surface area contributed by atoms with Gasteiger partial charge in [0.1, 0.15) is 12.1 Å². The molecule has 4 aliphatic carbocycles. The summed E-state index contributed by atoms with van der Waals surface area (Å²) >= 11 is 0. The standard InChI is InChI=1S/C27H30N6O3S/c34-26(27-13-18-10-19(14-27)12-20(11-18)15-27)31-25-23-6-9-32(16-24(23)28-17-29-25)37(35,36)22-4-2-21(3-5-22)33-8-1-7-30-33/h1-5,7-8,17-20H,6,9-16H2,(H,28,29,31,34). The average molecular weight is 519 g/mol. The van der Waals surface area contributed by atoms with Gasteiger partial charge in [-0.25, -0.2) is 23.1 Å². The SMILES string of the molecule is O=C(Nc1ncnc2c1CCN(S(=O)(=O)c1ccc(-n3cccn3)cc1)C2)C12CC3CC(CC(C3)C1)C2. The molecule has 1 aliphatic heterocycles. The predicted molar refractivity (Wildman–Crippen MR) is 136 cm³/mol. The van der Waals surface area contributed by atoms with Crippen LogP contribution in [0, 0.1) is 23.2 Å². The van der Waals surface area contributed by atoms with Gasteiger partial charge in [-0.15, -0.1) is 0 Å². The average Bonchev–Trinajstić information content (AvgIpc) is 3.43. The summed E-state index contributed by atoms with van der Waals surface area (Å²) < 4.78 is 30.0. The van der Waals surface area contributed by atoms with E-state index >= 15 is 0 Å². The van der Waals surface area contributed by atoms with E-state index in [-0.39, 0.29) is 22.8 Å². The van der Waals surface area contributed by atoms with Crippen molar-refractivity contribution in [2.45, 2.75) is 56.4 Å². The molecule has 4 bridgehead atoms. The Morgan fingerprint density at radius 1 is 1.00 bits per heavy atom. The highest BCUT2D eigenvalue weighted by atomic mass is 32.2. The van der Waals surface area contributed by atoms with Crippen molar-refractivity contribution in [3.05, 3.63) is 60.3 Å². The van der Waals surface area contributed by atoms with Gasteiger partial charge in [-0.3, -0.25) is 4.79 Å². The number of hydrogen-bond donors (Lipinski definition) is 1. The Hall–Kier alpha value is -3.11. The number of hydrogen-bond acceptors (Lipinski definition) is 6. The molecule has 3 aromatic rings. The van der Waals surface area contributed by atoms with Crippen molar-refractivity contribution in [2.24, 2.45) is 23.2 Å². The summed E-state index contributed by atoms with van der Waals surface area (Å²) in [6.07, 6.45) is 12.2. The minimum atomic E-state index is -3.70. The number of nitrogens with zero attached hydrogens (tertiary/aromatic N) is 5. The maximum absolute atomic E-state index is 13.6. The minimum absolute atomic E-state index is 0.0971. The maximum Gasteiger partial charge on any atom is 0.243 e. The largest absolute Gasteiger partial charge is 0.310 e. The van der Waals surface area contributed by atoms with E-state index in [0.717, 1.165) is 30.5 Å². The molecule has 9 nitrogen and oxygen atoms in total. The lowest BCUT2D eigenvalue weighted by atomic mass is 9.49. The third-order valence-corrected chi connectivity index (χ3v) is 10.8. The van der Waals surface area contributed by atoms with Gasteiger partial charge < -0.3 is 5.32 Å². The Kier molecular flexibility index (Phi) is 5.27. The quantitative estimate of drug-likeness (QED) is 0.553. The predicted octanol–water partition coefficient (Wildman–Crippen LogP) is 3.56. The zero-order chi connectivity index (χ0) is 25.2. The lowest BCUT2D eigenvalue weighted by Gasteiger charge is -2.55. The molecule has 0 spiro atoms. The van der Waals surface area contributed by atoms with Crippen LogP contribution in [0.25, 0.3) is 5.69 Å². The number of fused-ring (bicyclic) bond motifs is 1. The Balaban J connectivity index is 1.09. The number of nitrogens with one attached hydrogen (secondary N) is 1. The first-order valence-electron chi connectivity index (χ1n) is 13.1. The smallest absolute Gasteiger partial charge is 0.243 e. The van der Waals surface area contributed by atoms with E-state index in [1.54, 1.807) is 35.1 Å². The molecule has 1 amide bonds. The van der Waals surface area contributed by atoms with Crippen LogP contribution < -0.4 is 5.32 Å². The van der Waals surface area contributed by atoms with Crippen LogP contribution in [0.4, 0.5) is 5.82 Å². The molecule has 8 rings (SSSR count). The van der Waals surface area contributed by atoms with Crippen LogP contribution >= 0.6 is 0 Å². The molecule has 3 heterocycles. The normalized spacial score (nSPS) is 28.7. The van der Waals surface area contributed by atoms with Crippen molar-refractivity contribution < 1.29 is 13.2 Å². The van der Waals surface area contributed by atoms with Gasteiger partial charge in [0.25, 0.3) is 0 Å². The van der Waals surface area contributed by atoms with Crippen molar-refractivity contribution >= 4 is 21.7 Å². The van der Waals surface area contributed by atoms with Gasteiger partial charge in [-0.2, -0.15) is 9.40 Å². The van der Waals surface area contributed by atoms with Gasteiger partial charge in [0.05, 0.1) is 28.2 Å². The monoisotopic (exact) mass is 518 g/mol. The van der Waals surface area contributed by atoms with E-state index in [2.05, 4.69) is 20.4 Å². The summed E-state index contributed by atoms with van der Waals surface area (Å²) in [7, 11) is -3.70. The highest BCUT2D eigenvalue weighted by molar-refractivity contribution is 7.89. The molecule has 1 aromatic carbocycles. The summed E-state index contributed by atoms with van der Waals surface area (Å²) in [5, 5.41) is 7.35. The molecule has 1 N–H and O–H groups in total. The second-order valence-corrected chi connectivity index (χ2v) is 13.3. The number of carbonyl (C=O) groups is 1. The summed E-state index contributed by atoms with van der Waals surface area (Å²) in [6.45, 7) is 0.463. The molecule has 4 fully saturated rings. The van der Waals surface area contributed by atoms with Crippen LogP contribution in [0.1, 0.15) is 49.8 Å². The zero-order valence-corrected chi connectivity index (χ0v) is 21.4. The molecular formula is C27H30N6O3S. The lowest BCUT2D eigenvalue weighted by Crippen LogP contribution is -2.52. The fourth-order valence-corrected chi connectivity index (χ4v) is 9.02. The number of rotatable bonds is 5. The van der Waals surface area contributed by atoms with Crippen molar-refractivity contribution in [2.75, 3.05) is 11.9 Å². The van der Waals surface area contributed by atoms with Crippen LogP contribution in [0.5, 0.6) is 0 Å². The van der Waals surface area contributed by atoms with E-state index < -0.39 is 10.0 Å². The number of aromatic nitrogens is 4. The molecule has 4 saturated carbocycles. The highest BCUT2D eigenvalue weighted by Gasteiger charge is 2.54. The Bertz CT molecular complexity index is 1420. The molecule has 0 saturated heterocycles. The fourth-order valence-electron chi connectivity index (χ4n) is 7.61. The van der Waals surface area contributed by atoms with Crippen LogP contribution in [0.3, 0.4) is 0 Å². The number of amides is 1. The Morgan fingerprint density at radius 3 is 2.35 bits per heavy atom. The molecule has 0 radical (unpaired) electrons. The van der Waals surface area contributed by atoms with Gasteiger partial charge in [-0.1, -0.05) is 0 Å². The molecule has 37 heavy (non-hydrogen) atoms. The fraction of sp³-hybridized carbons (Fsp3) is 0.481. The van der Waals surface area contributed by atoms with Crippen LogP contribution in [0.15, 0.2) is 53.9 Å². The molecule has 192 valence electrons. The van der Waals surface area contributed by atoms with Gasteiger partial charge in [-0.05, 0) is 93.0 Å². The zero-order valence-electron chi connectivity index (χ0n) is 20.6. The van der Waals surface area contributed by atoms with Gasteiger partial charge >= 0.3 is 0 Å². The number of benzene rings is 1. The van der Waals surface area contributed by atoms with E-state index in [1.165, 1.54) is 29.9 Å². The molecule has 2 aromatic heterocycles. The second kappa shape index (κ2) is 8.46. The van der Waals surface area contributed by atoms with Crippen molar-refractivity contribution in [3.63, 3.8) is 0 Å². The van der Waals surface area contributed by atoms with Crippen molar-refractivity contribution in [3.8, 4) is 5.69 Å². The number of anilines is 1. The van der Waals surface area contributed by atoms with Crippen LogP contribution in [0.2, 0.25) is 0 Å². The molecule has 0 unspecified atom stereocenters. The summed E-state index contributed by atoms with van der Waals surface area (Å²) in [5.41, 5.74) is 2.03. The third-order valence-electron chi connectivity index (χ3n) is 8.97. The van der Waals surface area contributed by atoms with Crippen LogP contribution in [-0.4, -0.2) is 44.9 Å². The topological polar surface area (TPSA) is 110 Å². The first kappa shape index (κ1) is 23.0. The first-order chi connectivity index (χ1) is 17.9. The molecule has 10 heteroatoms. The van der Waals surface area contributed by atoms with Gasteiger partial charge in [0, 0.05) is 24.5 Å². The van der Waals surface area contributed by atoms with Crippen molar-refractivity contribution in [1.82, 2.24) is 24.1 Å². The Morgan fingerprint density at radius 2 is 1.70 bits per heavy atom. The van der Waals surface area contributed by atoms with E-state index in [9.17, 15) is 13.2 Å². The number of sulfonamides is 1. The van der Waals surface area contributed by atoms with E-state index in [1.807, 2.05) is 12.3 Å². The highest BCUT2D eigenvalue weighted by Crippen LogP contribution is 2.60. The summed E-state index contributed by atoms with van der Waals surface area (Å²) in [6, 6.07) is 8.53. The Labute approximate surface area is 216 Å². The van der Waals surface area contributed by atoms with E-state index in [0.29, 0.717) is 42.2 Å².